The molecule has 1 saturated carbocycles. The maximum Gasteiger partial charge on any atom is 0.418 e. The van der Waals surface area contributed by atoms with Crippen molar-refractivity contribution in [1.82, 2.24) is 4.98 Å². The number of carbonyl (C=O) groups is 1. The van der Waals surface area contributed by atoms with E-state index in [4.69, 9.17) is 4.74 Å². The second kappa shape index (κ2) is 7.43. The molecule has 1 heterocycles. The number of ether oxygens (including phenoxy) is 1. The van der Waals surface area contributed by atoms with Gasteiger partial charge in [-0.2, -0.15) is 13.2 Å². The molecule has 138 valence electrons. The van der Waals surface area contributed by atoms with Crippen LogP contribution in [-0.4, -0.2) is 11.3 Å². The van der Waals surface area contributed by atoms with Gasteiger partial charge in [0.15, 0.2) is 6.29 Å². The molecular formula is C19H17F4NO2. The van der Waals surface area contributed by atoms with Gasteiger partial charge in [-0.05, 0) is 31.0 Å². The minimum Gasteiger partial charge on any atom is -0.489 e. The highest BCUT2D eigenvalue weighted by Crippen LogP contribution is 2.40. The van der Waals surface area contributed by atoms with Gasteiger partial charge in [-0.15, -0.1) is 0 Å². The van der Waals surface area contributed by atoms with Gasteiger partial charge in [0.05, 0.1) is 16.8 Å². The van der Waals surface area contributed by atoms with Crippen LogP contribution in [0.3, 0.4) is 0 Å². The molecule has 1 aromatic carbocycles. The third-order valence-corrected chi connectivity index (χ3v) is 4.53. The largest absolute Gasteiger partial charge is 0.489 e. The Hall–Kier alpha value is -2.44. The molecule has 1 aromatic heterocycles. The number of benzene rings is 1. The summed E-state index contributed by atoms with van der Waals surface area (Å²) in [5.41, 5.74) is -0.494. The molecule has 0 bridgehead atoms. The van der Waals surface area contributed by atoms with E-state index >= 15 is 0 Å². The van der Waals surface area contributed by atoms with Crippen molar-refractivity contribution in [3.8, 4) is 5.75 Å². The third-order valence-electron chi connectivity index (χ3n) is 4.53. The predicted octanol–water partition coefficient (Wildman–Crippen LogP) is 5.29. The van der Waals surface area contributed by atoms with Gasteiger partial charge in [0.2, 0.25) is 0 Å². The lowest BCUT2D eigenvalue weighted by Crippen LogP contribution is -2.14. The minimum atomic E-state index is -4.49. The summed E-state index contributed by atoms with van der Waals surface area (Å²) in [4.78, 5) is 14.7. The SMILES string of the molecule is O=Cc1ccc(OCc2cnc(C3CCCC3)c(C(F)(F)F)c2)cc1F. The van der Waals surface area contributed by atoms with Crippen LogP contribution in [0.4, 0.5) is 17.6 Å². The lowest BCUT2D eigenvalue weighted by atomic mass is 9.97. The first-order valence-electron chi connectivity index (χ1n) is 8.32. The lowest BCUT2D eigenvalue weighted by molar-refractivity contribution is -0.138. The van der Waals surface area contributed by atoms with E-state index in [1.165, 1.54) is 18.3 Å². The molecular weight excluding hydrogens is 350 g/mol. The summed E-state index contributed by atoms with van der Waals surface area (Å²) >= 11 is 0. The maximum atomic E-state index is 13.5. The van der Waals surface area contributed by atoms with E-state index in [2.05, 4.69) is 4.98 Å². The number of hydrogen-bond acceptors (Lipinski definition) is 3. The highest BCUT2D eigenvalue weighted by molar-refractivity contribution is 5.75. The van der Waals surface area contributed by atoms with Crippen LogP contribution in [0.15, 0.2) is 30.5 Å². The summed E-state index contributed by atoms with van der Waals surface area (Å²) < 4.78 is 59.1. The van der Waals surface area contributed by atoms with Crippen LogP contribution in [0, 0.1) is 5.82 Å². The van der Waals surface area contributed by atoms with E-state index in [0.29, 0.717) is 19.1 Å². The highest BCUT2D eigenvalue weighted by Gasteiger charge is 2.37. The molecule has 2 aromatic rings. The molecule has 0 radical (unpaired) electrons. The van der Waals surface area contributed by atoms with Gasteiger partial charge in [0.1, 0.15) is 18.2 Å². The van der Waals surface area contributed by atoms with Crippen LogP contribution < -0.4 is 4.74 Å². The zero-order valence-corrected chi connectivity index (χ0v) is 13.9. The highest BCUT2D eigenvalue weighted by atomic mass is 19.4. The van der Waals surface area contributed by atoms with Crippen LogP contribution in [0.2, 0.25) is 0 Å². The summed E-state index contributed by atoms with van der Waals surface area (Å²) in [7, 11) is 0. The molecule has 0 spiro atoms. The van der Waals surface area contributed by atoms with Crippen LogP contribution in [0.25, 0.3) is 0 Å². The Balaban J connectivity index is 1.80. The fraction of sp³-hybridized carbons (Fsp3) is 0.368. The van der Waals surface area contributed by atoms with E-state index in [0.717, 1.165) is 25.0 Å². The standard InChI is InChI=1S/C19H17F4NO2/c20-17-8-15(6-5-14(17)10-25)26-11-12-7-16(19(21,22)23)18(24-9-12)13-3-1-2-4-13/h5-10,13H,1-4,11H2. The first-order valence-corrected chi connectivity index (χ1v) is 8.32. The average molecular weight is 367 g/mol. The number of aldehydes is 1. The lowest BCUT2D eigenvalue weighted by Gasteiger charge is -2.18. The van der Waals surface area contributed by atoms with E-state index in [-0.39, 0.29) is 35.1 Å². The second-order valence-electron chi connectivity index (χ2n) is 6.35. The Labute approximate surface area is 148 Å². The molecule has 0 aliphatic heterocycles. The van der Waals surface area contributed by atoms with Crippen molar-refractivity contribution < 1.29 is 27.1 Å². The minimum absolute atomic E-state index is 0.0973. The van der Waals surface area contributed by atoms with Crippen LogP contribution in [0.5, 0.6) is 5.75 Å². The predicted molar refractivity (Wildman–Crippen MR) is 86.6 cm³/mol. The molecule has 1 aliphatic rings. The van der Waals surface area contributed by atoms with Crippen molar-refractivity contribution in [2.45, 2.75) is 44.4 Å². The number of rotatable bonds is 5. The van der Waals surface area contributed by atoms with Crippen molar-refractivity contribution in [2.75, 3.05) is 0 Å². The van der Waals surface area contributed by atoms with Gasteiger partial charge in [0.25, 0.3) is 0 Å². The molecule has 0 unspecified atom stereocenters. The Morgan fingerprint density at radius 2 is 1.92 bits per heavy atom. The number of alkyl halides is 3. The Morgan fingerprint density at radius 1 is 1.19 bits per heavy atom. The Bertz CT molecular complexity index is 799. The van der Waals surface area contributed by atoms with Gasteiger partial charge in [-0.1, -0.05) is 12.8 Å². The second-order valence-corrected chi connectivity index (χ2v) is 6.35. The summed E-state index contributed by atoms with van der Waals surface area (Å²) in [6.45, 7) is -0.180. The summed E-state index contributed by atoms with van der Waals surface area (Å²) in [5.74, 6) is -0.781. The van der Waals surface area contributed by atoms with Gasteiger partial charge in [0, 0.05) is 23.7 Å². The quantitative estimate of drug-likeness (QED) is 0.533. The number of hydrogen-bond donors (Lipinski definition) is 0. The number of nitrogens with zero attached hydrogens (tertiary/aromatic N) is 1. The smallest absolute Gasteiger partial charge is 0.418 e. The van der Waals surface area contributed by atoms with E-state index in [1.807, 2.05) is 0 Å². The van der Waals surface area contributed by atoms with Crippen molar-refractivity contribution in [1.29, 1.82) is 0 Å². The monoisotopic (exact) mass is 367 g/mol. The average Bonchev–Trinajstić information content (AvgIpc) is 3.13. The summed E-state index contributed by atoms with van der Waals surface area (Å²) in [6, 6.07) is 4.71. The molecule has 1 aliphatic carbocycles. The first kappa shape index (κ1) is 18.4. The topological polar surface area (TPSA) is 39.2 Å². The molecule has 1 fully saturated rings. The van der Waals surface area contributed by atoms with Gasteiger partial charge in [-0.25, -0.2) is 4.39 Å². The van der Waals surface area contributed by atoms with E-state index < -0.39 is 17.6 Å². The molecule has 0 saturated heterocycles. The number of aromatic nitrogens is 1. The normalized spacial score (nSPS) is 15.2. The van der Waals surface area contributed by atoms with Crippen LogP contribution in [-0.2, 0) is 12.8 Å². The Kier molecular flexibility index (Phi) is 5.25. The van der Waals surface area contributed by atoms with Gasteiger partial charge < -0.3 is 4.74 Å². The molecule has 7 heteroatoms. The van der Waals surface area contributed by atoms with E-state index in [9.17, 15) is 22.4 Å². The van der Waals surface area contributed by atoms with Crippen molar-refractivity contribution in [2.24, 2.45) is 0 Å². The third kappa shape index (κ3) is 4.03. The number of halogens is 4. The van der Waals surface area contributed by atoms with E-state index in [1.54, 1.807) is 0 Å². The first-order chi connectivity index (χ1) is 12.4. The molecule has 26 heavy (non-hydrogen) atoms. The Morgan fingerprint density at radius 3 is 2.54 bits per heavy atom. The zero-order valence-electron chi connectivity index (χ0n) is 13.9. The van der Waals surface area contributed by atoms with Gasteiger partial charge >= 0.3 is 6.18 Å². The number of pyridine rings is 1. The summed E-state index contributed by atoms with van der Waals surface area (Å²) in [6.07, 6.45) is 0.522. The van der Waals surface area contributed by atoms with Crippen LogP contribution >= 0.6 is 0 Å². The van der Waals surface area contributed by atoms with Crippen molar-refractivity contribution >= 4 is 6.29 Å². The molecule has 0 atom stereocenters. The molecule has 3 rings (SSSR count). The molecule has 3 nitrogen and oxygen atoms in total. The van der Waals surface area contributed by atoms with Crippen molar-refractivity contribution in [3.05, 3.63) is 58.7 Å². The number of carbonyl (C=O) groups excluding carboxylic acids is 1. The molecule has 0 N–H and O–H groups in total. The van der Waals surface area contributed by atoms with Crippen LogP contribution in [0.1, 0.15) is 58.8 Å². The fourth-order valence-corrected chi connectivity index (χ4v) is 3.21. The fourth-order valence-electron chi connectivity index (χ4n) is 3.21. The maximum absolute atomic E-state index is 13.5. The van der Waals surface area contributed by atoms with Gasteiger partial charge in [-0.3, -0.25) is 9.78 Å². The zero-order chi connectivity index (χ0) is 18.7. The summed E-state index contributed by atoms with van der Waals surface area (Å²) in [5, 5.41) is 0. The van der Waals surface area contributed by atoms with Crippen molar-refractivity contribution in [3.63, 3.8) is 0 Å². The molecule has 0 amide bonds.